The van der Waals surface area contributed by atoms with Gasteiger partial charge in [-0.2, -0.15) is 0 Å². The summed E-state index contributed by atoms with van der Waals surface area (Å²) in [5, 5.41) is 3.03. The molecule has 2 atom stereocenters. The van der Waals surface area contributed by atoms with Crippen LogP contribution in [0.4, 0.5) is 0 Å². The molecule has 1 aromatic rings. The van der Waals surface area contributed by atoms with Crippen molar-refractivity contribution in [3.05, 3.63) is 29.6 Å². The highest BCUT2D eigenvalue weighted by molar-refractivity contribution is 5.92. The quantitative estimate of drug-likeness (QED) is 0.818. The summed E-state index contributed by atoms with van der Waals surface area (Å²) in [7, 11) is 0. The van der Waals surface area contributed by atoms with Crippen molar-refractivity contribution in [2.75, 3.05) is 13.1 Å². The van der Waals surface area contributed by atoms with E-state index in [9.17, 15) is 9.59 Å². The van der Waals surface area contributed by atoms with Gasteiger partial charge >= 0.3 is 0 Å². The molecule has 2 amide bonds. The van der Waals surface area contributed by atoms with Gasteiger partial charge in [0.1, 0.15) is 5.69 Å². The summed E-state index contributed by atoms with van der Waals surface area (Å²) in [6.45, 7) is 1.79. The zero-order chi connectivity index (χ0) is 14.8. The van der Waals surface area contributed by atoms with Gasteiger partial charge in [0, 0.05) is 38.3 Å². The number of nitrogens with two attached hydrogens (primary N) is 1. The highest BCUT2D eigenvalue weighted by Gasteiger charge is 2.35. The Morgan fingerprint density at radius 2 is 2.29 bits per heavy atom. The van der Waals surface area contributed by atoms with Crippen LogP contribution in [-0.4, -0.2) is 40.8 Å². The number of carbonyl (C=O) groups is 2. The molecule has 3 heterocycles. The Labute approximate surface area is 123 Å². The summed E-state index contributed by atoms with van der Waals surface area (Å²) in [5.74, 6) is 0.465. The lowest BCUT2D eigenvalue weighted by atomic mass is 9.85. The van der Waals surface area contributed by atoms with Crippen LogP contribution in [0.3, 0.4) is 0 Å². The van der Waals surface area contributed by atoms with Gasteiger partial charge < -0.3 is 16.0 Å². The van der Waals surface area contributed by atoms with Crippen LogP contribution < -0.4 is 11.1 Å². The first-order valence-corrected chi connectivity index (χ1v) is 7.41. The fraction of sp³-hybridized carbons (Fsp3) is 0.533. The standard InChI is InChI=1S/C15H20N4O2/c16-7-10-1-3-13(17-8-10)15(21)19-6-5-12-11(9-19)2-4-14(20)18-12/h1,3,8,11-12H,2,4-7,9,16H2,(H,18,20). The van der Waals surface area contributed by atoms with Gasteiger partial charge in [-0.3, -0.25) is 14.6 Å². The molecule has 0 aromatic carbocycles. The lowest BCUT2D eigenvalue weighted by Gasteiger charge is -2.41. The molecule has 2 unspecified atom stereocenters. The van der Waals surface area contributed by atoms with E-state index in [0.29, 0.717) is 37.7 Å². The van der Waals surface area contributed by atoms with E-state index in [1.54, 1.807) is 12.3 Å². The number of fused-ring (bicyclic) bond motifs is 1. The van der Waals surface area contributed by atoms with Crippen LogP contribution in [0.15, 0.2) is 18.3 Å². The molecule has 3 rings (SSSR count). The fourth-order valence-corrected chi connectivity index (χ4v) is 3.13. The Hall–Kier alpha value is -1.95. The predicted molar refractivity (Wildman–Crippen MR) is 77.3 cm³/mol. The number of piperidine rings is 2. The van der Waals surface area contributed by atoms with E-state index in [1.807, 2.05) is 11.0 Å². The molecule has 0 saturated carbocycles. The molecule has 2 saturated heterocycles. The number of pyridine rings is 1. The minimum absolute atomic E-state index is 0.0334. The van der Waals surface area contributed by atoms with Gasteiger partial charge in [-0.25, -0.2) is 0 Å². The fourth-order valence-electron chi connectivity index (χ4n) is 3.13. The van der Waals surface area contributed by atoms with E-state index in [1.165, 1.54) is 0 Å². The molecule has 2 aliphatic rings. The van der Waals surface area contributed by atoms with E-state index >= 15 is 0 Å². The van der Waals surface area contributed by atoms with Gasteiger partial charge in [0.05, 0.1) is 0 Å². The second-order valence-electron chi connectivity index (χ2n) is 5.77. The molecule has 2 fully saturated rings. The number of hydrogen-bond acceptors (Lipinski definition) is 4. The highest BCUT2D eigenvalue weighted by atomic mass is 16.2. The Morgan fingerprint density at radius 3 is 3.00 bits per heavy atom. The van der Waals surface area contributed by atoms with Crippen LogP contribution in [0, 0.1) is 5.92 Å². The van der Waals surface area contributed by atoms with Crippen LogP contribution in [0.2, 0.25) is 0 Å². The van der Waals surface area contributed by atoms with Crippen molar-refractivity contribution in [3.8, 4) is 0 Å². The van der Waals surface area contributed by atoms with E-state index in [0.717, 1.165) is 18.4 Å². The van der Waals surface area contributed by atoms with Gasteiger partial charge in [0.2, 0.25) is 5.91 Å². The zero-order valence-corrected chi connectivity index (χ0v) is 11.9. The summed E-state index contributed by atoms with van der Waals surface area (Å²) in [4.78, 5) is 29.9. The molecule has 0 spiro atoms. The van der Waals surface area contributed by atoms with Gasteiger partial charge in [-0.05, 0) is 30.4 Å². The zero-order valence-electron chi connectivity index (χ0n) is 11.9. The summed E-state index contributed by atoms with van der Waals surface area (Å²) < 4.78 is 0. The van der Waals surface area contributed by atoms with E-state index < -0.39 is 0 Å². The van der Waals surface area contributed by atoms with Crippen molar-refractivity contribution < 1.29 is 9.59 Å². The Balaban J connectivity index is 1.67. The number of likely N-dealkylation sites (tertiary alicyclic amines) is 1. The maximum Gasteiger partial charge on any atom is 0.272 e. The highest BCUT2D eigenvalue weighted by Crippen LogP contribution is 2.26. The molecule has 6 heteroatoms. The first kappa shape index (κ1) is 14.0. The van der Waals surface area contributed by atoms with E-state index in [-0.39, 0.29) is 17.9 Å². The maximum atomic E-state index is 12.5. The SMILES string of the molecule is NCc1ccc(C(=O)N2CCC3NC(=O)CCC3C2)nc1. The Morgan fingerprint density at radius 1 is 1.43 bits per heavy atom. The molecule has 2 aliphatic heterocycles. The first-order chi connectivity index (χ1) is 10.2. The molecule has 1 aromatic heterocycles. The second-order valence-corrected chi connectivity index (χ2v) is 5.77. The summed E-state index contributed by atoms with van der Waals surface area (Å²) in [6, 6.07) is 3.80. The molecule has 0 aliphatic carbocycles. The predicted octanol–water partition coefficient (Wildman–Crippen LogP) is 0.281. The first-order valence-electron chi connectivity index (χ1n) is 7.41. The average Bonchev–Trinajstić information content (AvgIpc) is 2.53. The van der Waals surface area contributed by atoms with Crippen LogP contribution in [0.5, 0.6) is 0 Å². The molecule has 21 heavy (non-hydrogen) atoms. The number of nitrogens with zero attached hydrogens (tertiary/aromatic N) is 2. The molecule has 0 bridgehead atoms. The average molecular weight is 288 g/mol. The van der Waals surface area contributed by atoms with Gasteiger partial charge in [0.25, 0.3) is 5.91 Å². The van der Waals surface area contributed by atoms with Crippen LogP contribution in [0.1, 0.15) is 35.3 Å². The van der Waals surface area contributed by atoms with Gasteiger partial charge in [-0.1, -0.05) is 6.07 Å². The third kappa shape index (κ3) is 2.90. The molecular weight excluding hydrogens is 268 g/mol. The van der Waals surface area contributed by atoms with Crippen molar-refractivity contribution in [2.24, 2.45) is 11.7 Å². The number of aromatic nitrogens is 1. The van der Waals surface area contributed by atoms with Crippen LogP contribution in [0.25, 0.3) is 0 Å². The molecule has 6 nitrogen and oxygen atoms in total. The van der Waals surface area contributed by atoms with Crippen molar-refractivity contribution >= 4 is 11.8 Å². The number of amides is 2. The van der Waals surface area contributed by atoms with Gasteiger partial charge in [0.15, 0.2) is 0 Å². The summed E-state index contributed by atoms with van der Waals surface area (Å²) >= 11 is 0. The molecule has 3 N–H and O–H groups in total. The smallest absolute Gasteiger partial charge is 0.272 e. The normalized spacial score (nSPS) is 25.2. The minimum Gasteiger partial charge on any atom is -0.353 e. The van der Waals surface area contributed by atoms with Crippen molar-refractivity contribution in [2.45, 2.75) is 31.8 Å². The molecule has 112 valence electrons. The van der Waals surface area contributed by atoms with Crippen molar-refractivity contribution in [3.63, 3.8) is 0 Å². The Kier molecular flexibility index (Phi) is 3.88. The monoisotopic (exact) mass is 288 g/mol. The number of nitrogens with one attached hydrogen (secondary N) is 1. The van der Waals surface area contributed by atoms with E-state index in [2.05, 4.69) is 10.3 Å². The molecular formula is C15H20N4O2. The summed E-state index contributed by atoms with van der Waals surface area (Å²) in [6.07, 6.45) is 3.90. The number of carbonyl (C=O) groups excluding carboxylic acids is 2. The van der Waals surface area contributed by atoms with Crippen molar-refractivity contribution in [1.82, 2.24) is 15.2 Å². The van der Waals surface area contributed by atoms with Crippen LogP contribution in [-0.2, 0) is 11.3 Å². The van der Waals surface area contributed by atoms with Gasteiger partial charge in [-0.15, -0.1) is 0 Å². The van der Waals surface area contributed by atoms with E-state index in [4.69, 9.17) is 5.73 Å². The lowest BCUT2D eigenvalue weighted by Crippen LogP contribution is -2.55. The largest absolute Gasteiger partial charge is 0.353 e. The third-order valence-corrected chi connectivity index (χ3v) is 4.39. The van der Waals surface area contributed by atoms with Crippen molar-refractivity contribution in [1.29, 1.82) is 0 Å². The van der Waals surface area contributed by atoms with Crippen LogP contribution >= 0.6 is 0 Å². The maximum absolute atomic E-state index is 12.5. The Bertz CT molecular complexity index is 543. The number of rotatable bonds is 2. The third-order valence-electron chi connectivity index (χ3n) is 4.39. The molecule has 0 radical (unpaired) electrons. The minimum atomic E-state index is -0.0334. The number of hydrogen-bond donors (Lipinski definition) is 2. The topological polar surface area (TPSA) is 88.3 Å². The lowest BCUT2D eigenvalue weighted by molar-refractivity contribution is -0.125. The summed E-state index contributed by atoms with van der Waals surface area (Å²) in [5.41, 5.74) is 6.91. The second kappa shape index (κ2) is 5.81.